The lowest BCUT2D eigenvalue weighted by Gasteiger charge is -2.33. The molecule has 0 aromatic carbocycles. The smallest absolute Gasteiger partial charge is 0.156 e. The number of hydrogen-bond donors (Lipinski definition) is 0. The molecule has 4 rings (SSSR count). The number of imidazole rings is 1. The minimum atomic E-state index is 0.994. The van der Waals surface area contributed by atoms with Gasteiger partial charge in [-0.05, 0) is 24.6 Å². The van der Waals surface area contributed by atoms with E-state index in [2.05, 4.69) is 48.2 Å². The first-order valence-corrected chi connectivity index (χ1v) is 8.05. The second-order valence-electron chi connectivity index (χ2n) is 5.39. The van der Waals surface area contributed by atoms with Gasteiger partial charge in [-0.25, -0.2) is 9.97 Å². The molecule has 0 saturated carbocycles. The lowest BCUT2D eigenvalue weighted by atomic mass is 10.3. The molecule has 0 N–H and O–H groups in total. The van der Waals surface area contributed by atoms with Crippen molar-refractivity contribution in [1.82, 2.24) is 19.4 Å². The number of aromatic nitrogens is 3. The molecule has 1 saturated heterocycles. The minimum Gasteiger partial charge on any atom is -0.352 e. The average molecular weight is 299 g/mol. The van der Waals surface area contributed by atoms with Crippen molar-refractivity contribution >= 4 is 28.2 Å². The summed E-state index contributed by atoms with van der Waals surface area (Å²) >= 11 is 1.70. The van der Waals surface area contributed by atoms with Gasteiger partial charge in [-0.3, -0.25) is 4.57 Å². The summed E-state index contributed by atoms with van der Waals surface area (Å²) < 4.78 is 2.13. The molecular weight excluding hydrogens is 282 g/mol. The normalized spacial score (nSPS) is 16.7. The highest BCUT2D eigenvalue weighted by atomic mass is 32.1. The maximum atomic E-state index is 4.62. The van der Waals surface area contributed by atoms with Crippen molar-refractivity contribution in [2.24, 2.45) is 0 Å². The molecule has 3 aromatic rings. The Kier molecular flexibility index (Phi) is 3.12. The SMILES string of the molecule is CN1CCN(c2nccc3c2ncn3-c2ccsc2)CC1. The number of likely N-dealkylation sites (N-methyl/N-ethyl adjacent to an activating group) is 1. The first-order chi connectivity index (χ1) is 10.3. The van der Waals surface area contributed by atoms with Crippen molar-refractivity contribution < 1.29 is 0 Å². The van der Waals surface area contributed by atoms with E-state index in [1.807, 2.05) is 18.6 Å². The van der Waals surface area contributed by atoms with Crippen LogP contribution in [0.25, 0.3) is 16.7 Å². The van der Waals surface area contributed by atoms with Crippen molar-refractivity contribution in [1.29, 1.82) is 0 Å². The standard InChI is InChI=1S/C15H17N5S/c1-18-5-7-19(8-6-18)15-14-13(2-4-16-15)20(11-17-14)12-3-9-21-10-12/h2-4,9-11H,5-8H2,1H3. The lowest BCUT2D eigenvalue weighted by Crippen LogP contribution is -2.44. The molecule has 21 heavy (non-hydrogen) atoms. The van der Waals surface area contributed by atoms with Gasteiger partial charge < -0.3 is 9.80 Å². The first kappa shape index (κ1) is 12.8. The fourth-order valence-corrected chi connectivity index (χ4v) is 3.41. The van der Waals surface area contributed by atoms with Crippen LogP contribution >= 0.6 is 11.3 Å². The van der Waals surface area contributed by atoms with Crippen molar-refractivity contribution in [2.75, 3.05) is 38.1 Å². The molecule has 0 radical (unpaired) electrons. The molecule has 0 unspecified atom stereocenters. The quantitative estimate of drug-likeness (QED) is 0.727. The van der Waals surface area contributed by atoms with Crippen molar-refractivity contribution in [2.45, 2.75) is 0 Å². The van der Waals surface area contributed by atoms with E-state index in [1.165, 1.54) is 0 Å². The molecule has 1 fully saturated rings. The Balaban J connectivity index is 1.77. The van der Waals surface area contributed by atoms with Gasteiger partial charge in [-0.15, -0.1) is 0 Å². The zero-order valence-corrected chi connectivity index (χ0v) is 12.8. The third-order valence-corrected chi connectivity index (χ3v) is 4.70. The fraction of sp³-hybridized carbons (Fsp3) is 0.333. The fourth-order valence-electron chi connectivity index (χ4n) is 2.78. The summed E-state index contributed by atoms with van der Waals surface area (Å²) in [6.45, 7) is 4.16. The molecule has 1 aliphatic rings. The minimum absolute atomic E-state index is 0.994. The van der Waals surface area contributed by atoms with E-state index < -0.39 is 0 Å². The van der Waals surface area contributed by atoms with Crippen LogP contribution in [0, 0.1) is 0 Å². The summed E-state index contributed by atoms with van der Waals surface area (Å²) in [7, 11) is 2.16. The van der Waals surface area contributed by atoms with Crippen LogP contribution in [-0.4, -0.2) is 52.7 Å². The molecular formula is C15H17N5S. The number of rotatable bonds is 2. The van der Waals surface area contributed by atoms with E-state index in [1.54, 1.807) is 11.3 Å². The van der Waals surface area contributed by atoms with Gasteiger partial charge in [-0.1, -0.05) is 0 Å². The maximum absolute atomic E-state index is 4.62. The van der Waals surface area contributed by atoms with Gasteiger partial charge in [0.15, 0.2) is 5.82 Å². The zero-order chi connectivity index (χ0) is 14.2. The van der Waals surface area contributed by atoms with E-state index in [9.17, 15) is 0 Å². The second kappa shape index (κ2) is 5.13. The molecule has 3 aromatic heterocycles. The summed E-state index contributed by atoms with van der Waals surface area (Å²) in [5.74, 6) is 1.01. The largest absolute Gasteiger partial charge is 0.352 e. The molecule has 6 heteroatoms. The number of piperazine rings is 1. The van der Waals surface area contributed by atoms with E-state index in [0.29, 0.717) is 0 Å². The van der Waals surface area contributed by atoms with Crippen LogP contribution in [0.3, 0.4) is 0 Å². The van der Waals surface area contributed by atoms with Crippen LogP contribution in [0.2, 0.25) is 0 Å². The summed E-state index contributed by atoms with van der Waals surface area (Å²) in [5.41, 5.74) is 3.28. The van der Waals surface area contributed by atoms with E-state index >= 15 is 0 Å². The Labute approximate surface area is 127 Å². The number of nitrogens with zero attached hydrogens (tertiary/aromatic N) is 5. The van der Waals surface area contributed by atoms with E-state index in [-0.39, 0.29) is 0 Å². The monoisotopic (exact) mass is 299 g/mol. The van der Waals surface area contributed by atoms with E-state index in [4.69, 9.17) is 0 Å². The molecule has 0 spiro atoms. The number of fused-ring (bicyclic) bond motifs is 1. The molecule has 0 atom stereocenters. The zero-order valence-electron chi connectivity index (χ0n) is 11.9. The van der Waals surface area contributed by atoms with E-state index in [0.717, 1.165) is 48.7 Å². The van der Waals surface area contributed by atoms with Gasteiger partial charge in [0, 0.05) is 37.8 Å². The molecule has 5 nitrogen and oxygen atoms in total. The lowest BCUT2D eigenvalue weighted by molar-refractivity contribution is 0.312. The van der Waals surface area contributed by atoms with Crippen LogP contribution in [0.5, 0.6) is 0 Å². The Morgan fingerprint density at radius 2 is 1.95 bits per heavy atom. The van der Waals surface area contributed by atoms with Crippen LogP contribution < -0.4 is 4.90 Å². The van der Waals surface area contributed by atoms with Crippen molar-refractivity contribution in [3.8, 4) is 5.69 Å². The predicted octanol–water partition coefficient (Wildman–Crippen LogP) is 2.23. The van der Waals surface area contributed by atoms with Gasteiger partial charge >= 0.3 is 0 Å². The topological polar surface area (TPSA) is 37.2 Å². The summed E-state index contributed by atoms with van der Waals surface area (Å²) in [4.78, 5) is 13.9. The molecule has 0 aliphatic carbocycles. The third kappa shape index (κ3) is 2.20. The van der Waals surface area contributed by atoms with Crippen molar-refractivity contribution in [3.63, 3.8) is 0 Å². The molecule has 1 aliphatic heterocycles. The average Bonchev–Trinajstić information content (AvgIpc) is 3.16. The highest BCUT2D eigenvalue weighted by Crippen LogP contribution is 2.26. The molecule has 108 valence electrons. The van der Waals surface area contributed by atoms with Crippen molar-refractivity contribution in [3.05, 3.63) is 35.4 Å². The van der Waals surface area contributed by atoms with Crippen LogP contribution in [0.1, 0.15) is 0 Å². The number of anilines is 1. The van der Waals surface area contributed by atoms with Gasteiger partial charge in [0.2, 0.25) is 0 Å². The molecule has 0 bridgehead atoms. The maximum Gasteiger partial charge on any atom is 0.156 e. The van der Waals surface area contributed by atoms with Gasteiger partial charge in [-0.2, -0.15) is 11.3 Å². The Morgan fingerprint density at radius 3 is 2.71 bits per heavy atom. The molecule has 4 heterocycles. The number of hydrogen-bond acceptors (Lipinski definition) is 5. The van der Waals surface area contributed by atoms with Crippen LogP contribution in [0.15, 0.2) is 35.4 Å². The highest BCUT2D eigenvalue weighted by molar-refractivity contribution is 7.08. The van der Waals surface area contributed by atoms with Gasteiger partial charge in [0.05, 0.1) is 11.2 Å². The Morgan fingerprint density at radius 1 is 1.10 bits per heavy atom. The third-order valence-electron chi connectivity index (χ3n) is 4.03. The highest BCUT2D eigenvalue weighted by Gasteiger charge is 2.19. The van der Waals surface area contributed by atoms with Crippen LogP contribution in [0.4, 0.5) is 5.82 Å². The predicted molar refractivity (Wildman–Crippen MR) is 86.5 cm³/mol. The van der Waals surface area contributed by atoms with Crippen LogP contribution in [-0.2, 0) is 0 Å². The second-order valence-corrected chi connectivity index (χ2v) is 6.17. The number of thiophene rings is 1. The Hall–Kier alpha value is -1.92. The summed E-state index contributed by atoms with van der Waals surface area (Å²) in [6.07, 6.45) is 3.79. The molecule has 0 amide bonds. The first-order valence-electron chi connectivity index (χ1n) is 7.11. The van der Waals surface area contributed by atoms with Gasteiger partial charge in [0.25, 0.3) is 0 Å². The number of pyridine rings is 1. The van der Waals surface area contributed by atoms with Gasteiger partial charge in [0.1, 0.15) is 11.8 Å². The summed E-state index contributed by atoms with van der Waals surface area (Å²) in [6, 6.07) is 4.15. The summed E-state index contributed by atoms with van der Waals surface area (Å²) in [5, 5.41) is 4.22. The Bertz CT molecular complexity index is 741.